The van der Waals surface area contributed by atoms with Crippen molar-refractivity contribution in [3.63, 3.8) is 0 Å². The van der Waals surface area contributed by atoms with Gasteiger partial charge < -0.3 is 11.1 Å². The van der Waals surface area contributed by atoms with Crippen molar-refractivity contribution < 1.29 is 13.6 Å². The first-order valence-electron chi connectivity index (χ1n) is 4.54. The van der Waals surface area contributed by atoms with Gasteiger partial charge in [0.05, 0.1) is 13.1 Å². The predicted molar refractivity (Wildman–Crippen MR) is 55.3 cm³/mol. The minimum absolute atomic E-state index is 0.104. The van der Waals surface area contributed by atoms with Crippen LogP contribution in [0.2, 0.25) is 0 Å². The van der Waals surface area contributed by atoms with E-state index < -0.39 is 11.6 Å². The number of carbonyl (C=O) groups is 1. The number of halogens is 2. The van der Waals surface area contributed by atoms with Gasteiger partial charge in [-0.1, -0.05) is 11.8 Å². The van der Waals surface area contributed by atoms with Crippen LogP contribution in [0, 0.1) is 23.5 Å². The summed E-state index contributed by atoms with van der Waals surface area (Å²) in [6, 6.07) is 3.35. The lowest BCUT2D eigenvalue weighted by atomic mass is 10.2. The molecule has 3 N–H and O–H groups in total. The molecular formula is C11H10F2N2O. The number of hydrogen-bond acceptors (Lipinski definition) is 2. The maximum absolute atomic E-state index is 12.7. The van der Waals surface area contributed by atoms with E-state index in [2.05, 4.69) is 17.2 Å². The molecule has 1 aromatic carbocycles. The van der Waals surface area contributed by atoms with Gasteiger partial charge in [-0.05, 0) is 18.2 Å². The third kappa shape index (κ3) is 3.67. The first-order valence-corrected chi connectivity index (χ1v) is 4.54. The Hall–Kier alpha value is -1.93. The fourth-order valence-corrected chi connectivity index (χ4v) is 0.935. The van der Waals surface area contributed by atoms with Gasteiger partial charge in [-0.3, -0.25) is 4.79 Å². The highest BCUT2D eigenvalue weighted by Crippen LogP contribution is 2.06. The molecule has 0 bridgehead atoms. The summed E-state index contributed by atoms with van der Waals surface area (Å²) in [5.41, 5.74) is 5.40. The number of hydrogen-bond donors (Lipinski definition) is 2. The Morgan fingerprint density at radius 1 is 1.38 bits per heavy atom. The summed E-state index contributed by atoms with van der Waals surface area (Å²) < 4.78 is 25.3. The molecule has 0 aliphatic rings. The summed E-state index contributed by atoms with van der Waals surface area (Å²) in [5.74, 6) is 2.99. The van der Waals surface area contributed by atoms with Crippen LogP contribution in [-0.4, -0.2) is 19.0 Å². The number of carbonyl (C=O) groups excluding carboxylic acids is 1. The van der Waals surface area contributed by atoms with Crippen molar-refractivity contribution in [1.29, 1.82) is 0 Å². The minimum Gasteiger partial charge on any atom is -0.344 e. The van der Waals surface area contributed by atoms with Crippen molar-refractivity contribution in [2.45, 2.75) is 0 Å². The molecule has 3 nitrogen and oxygen atoms in total. The number of rotatable bonds is 2. The van der Waals surface area contributed by atoms with Gasteiger partial charge in [-0.2, -0.15) is 0 Å². The van der Waals surface area contributed by atoms with Crippen LogP contribution in [0.1, 0.15) is 5.56 Å². The van der Waals surface area contributed by atoms with E-state index in [1.54, 1.807) is 0 Å². The van der Waals surface area contributed by atoms with Crippen molar-refractivity contribution >= 4 is 5.91 Å². The van der Waals surface area contributed by atoms with E-state index in [1.165, 1.54) is 6.07 Å². The lowest BCUT2D eigenvalue weighted by Gasteiger charge is -1.95. The van der Waals surface area contributed by atoms with Gasteiger partial charge >= 0.3 is 0 Å². The maximum Gasteiger partial charge on any atom is 0.234 e. The Bertz CT molecular complexity index is 449. The lowest BCUT2D eigenvalue weighted by Crippen LogP contribution is -2.30. The van der Waals surface area contributed by atoms with Gasteiger partial charge in [0.15, 0.2) is 11.6 Å². The van der Waals surface area contributed by atoms with Crippen molar-refractivity contribution in [1.82, 2.24) is 5.32 Å². The van der Waals surface area contributed by atoms with E-state index in [4.69, 9.17) is 5.73 Å². The molecule has 0 aliphatic carbocycles. The van der Waals surface area contributed by atoms with E-state index in [-0.39, 0.29) is 19.0 Å². The molecule has 1 aromatic rings. The molecule has 0 atom stereocenters. The SMILES string of the molecule is NCC(=O)NCC#Cc1ccc(F)c(F)c1. The van der Waals surface area contributed by atoms with Gasteiger partial charge in [-0.25, -0.2) is 8.78 Å². The topological polar surface area (TPSA) is 55.1 Å². The Labute approximate surface area is 91.6 Å². The third-order valence-electron chi connectivity index (χ3n) is 1.71. The fourth-order valence-electron chi connectivity index (χ4n) is 0.935. The van der Waals surface area contributed by atoms with Crippen LogP contribution in [0.25, 0.3) is 0 Å². The Kier molecular flexibility index (Phi) is 4.42. The van der Waals surface area contributed by atoms with Crippen molar-refractivity contribution in [3.05, 3.63) is 35.4 Å². The average Bonchev–Trinajstić information content (AvgIpc) is 2.28. The molecule has 0 spiro atoms. The molecule has 0 fully saturated rings. The summed E-state index contributed by atoms with van der Waals surface area (Å²) >= 11 is 0. The molecular weight excluding hydrogens is 214 g/mol. The molecule has 0 saturated heterocycles. The van der Waals surface area contributed by atoms with Crippen LogP contribution in [0.3, 0.4) is 0 Å². The van der Waals surface area contributed by atoms with Crippen LogP contribution in [0.5, 0.6) is 0 Å². The van der Waals surface area contributed by atoms with E-state index in [9.17, 15) is 13.6 Å². The monoisotopic (exact) mass is 224 g/mol. The highest BCUT2D eigenvalue weighted by Gasteiger charge is 1.99. The number of benzene rings is 1. The van der Waals surface area contributed by atoms with E-state index in [0.717, 1.165) is 12.1 Å². The maximum atomic E-state index is 12.7. The Morgan fingerprint density at radius 2 is 2.12 bits per heavy atom. The minimum atomic E-state index is -0.946. The van der Waals surface area contributed by atoms with Crippen LogP contribution in [-0.2, 0) is 4.79 Å². The van der Waals surface area contributed by atoms with Gasteiger partial charge in [0.25, 0.3) is 0 Å². The molecule has 0 heterocycles. The second-order valence-electron chi connectivity index (χ2n) is 2.91. The standard InChI is InChI=1S/C11H10F2N2O/c12-9-4-3-8(6-10(9)13)2-1-5-15-11(16)7-14/h3-4,6H,5,7,14H2,(H,15,16). The van der Waals surface area contributed by atoms with Crippen molar-refractivity contribution in [2.75, 3.05) is 13.1 Å². The summed E-state index contributed by atoms with van der Waals surface area (Å²) in [7, 11) is 0. The number of nitrogens with one attached hydrogen (secondary N) is 1. The Morgan fingerprint density at radius 3 is 2.75 bits per heavy atom. The van der Waals surface area contributed by atoms with Gasteiger partial charge in [0, 0.05) is 5.56 Å². The molecule has 0 saturated carbocycles. The summed E-state index contributed by atoms with van der Waals surface area (Å²) in [6.07, 6.45) is 0. The zero-order valence-electron chi connectivity index (χ0n) is 8.39. The van der Waals surface area contributed by atoms with Gasteiger partial charge in [-0.15, -0.1) is 0 Å². The molecule has 0 unspecified atom stereocenters. The van der Waals surface area contributed by atoms with E-state index >= 15 is 0 Å². The summed E-state index contributed by atoms with van der Waals surface area (Å²) in [6.45, 7) is 0.0158. The summed E-state index contributed by atoms with van der Waals surface area (Å²) in [5, 5.41) is 2.42. The predicted octanol–water partition coefficient (Wildman–Crippen LogP) is 0.391. The first-order chi connectivity index (χ1) is 7.63. The van der Waals surface area contributed by atoms with Crippen LogP contribution in [0.15, 0.2) is 18.2 Å². The van der Waals surface area contributed by atoms with Crippen LogP contribution < -0.4 is 11.1 Å². The lowest BCUT2D eigenvalue weighted by molar-refractivity contribution is -0.119. The summed E-state index contributed by atoms with van der Waals surface area (Å²) in [4.78, 5) is 10.7. The molecule has 0 aliphatic heterocycles. The molecule has 84 valence electrons. The van der Waals surface area contributed by atoms with Gasteiger partial charge in [0.2, 0.25) is 5.91 Å². The third-order valence-corrected chi connectivity index (χ3v) is 1.71. The van der Waals surface area contributed by atoms with Gasteiger partial charge in [0.1, 0.15) is 0 Å². The van der Waals surface area contributed by atoms with Crippen molar-refractivity contribution in [2.24, 2.45) is 5.73 Å². The second-order valence-corrected chi connectivity index (χ2v) is 2.91. The van der Waals surface area contributed by atoms with Crippen molar-refractivity contribution in [3.8, 4) is 11.8 Å². The first kappa shape index (κ1) is 12.1. The average molecular weight is 224 g/mol. The van der Waals surface area contributed by atoms with E-state index in [0.29, 0.717) is 5.56 Å². The quantitative estimate of drug-likeness (QED) is 0.714. The van der Waals surface area contributed by atoms with Crippen LogP contribution in [0.4, 0.5) is 8.78 Å². The normalized spacial score (nSPS) is 9.19. The zero-order chi connectivity index (χ0) is 12.0. The van der Waals surface area contributed by atoms with Crippen LogP contribution >= 0.6 is 0 Å². The molecule has 1 amide bonds. The zero-order valence-corrected chi connectivity index (χ0v) is 8.39. The number of amides is 1. The highest BCUT2D eigenvalue weighted by molar-refractivity contribution is 5.77. The van der Waals surface area contributed by atoms with E-state index in [1.807, 2.05) is 0 Å². The Balaban J connectivity index is 2.56. The molecule has 0 radical (unpaired) electrons. The molecule has 16 heavy (non-hydrogen) atoms. The largest absolute Gasteiger partial charge is 0.344 e. The molecule has 0 aromatic heterocycles. The number of nitrogens with two attached hydrogens (primary N) is 1. The molecule has 5 heteroatoms. The molecule has 1 rings (SSSR count). The smallest absolute Gasteiger partial charge is 0.234 e. The fraction of sp³-hybridized carbons (Fsp3) is 0.182. The second kappa shape index (κ2) is 5.83. The highest BCUT2D eigenvalue weighted by atomic mass is 19.2.